The number of carbonyl (C=O) groups is 1. The molecule has 0 unspecified atom stereocenters. The smallest absolute Gasteiger partial charge is 0.352 e. The van der Waals surface area contributed by atoms with Crippen molar-refractivity contribution < 1.29 is 9.90 Å². The van der Waals surface area contributed by atoms with Gasteiger partial charge in [-0.25, -0.2) is 9.59 Å². The van der Waals surface area contributed by atoms with E-state index in [0.29, 0.717) is 13.1 Å². The third-order valence-electron chi connectivity index (χ3n) is 3.32. The van der Waals surface area contributed by atoms with E-state index in [9.17, 15) is 19.5 Å². The van der Waals surface area contributed by atoms with Gasteiger partial charge in [-0.1, -0.05) is 27.7 Å². The molecule has 2 N–H and O–H groups in total. The van der Waals surface area contributed by atoms with Crippen molar-refractivity contribution in [2.75, 3.05) is 13.1 Å². The van der Waals surface area contributed by atoms with Gasteiger partial charge in [0.15, 0.2) is 0 Å². The zero-order valence-corrected chi connectivity index (χ0v) is 13.0. The third kappa shape index (κ3) is 4.04. The number of aromatic amines is 1. The molecule has 0 fully saturated rings. The fraction of sp³-hybridized carbons (Fsp3) is 0.643. The summed E-state index contributed by atoms with van der Waals surface area (Å²) in [6, 6.07) is 0. The van der Waals surface area contributed by atoms with E-state index in [-0.39, 0.29) is 30.3 Å². The number of carboxylic acid groups (broad SMARTS) is 1. The second kappa shape index (κ2) is 7.21. The van der Waals surface area contributed by atoms with Crippen molar-refractivity contribution in [2.45, 2.75) is 40.8 Å². The molecule has 0 aliphatic rings. The summed E-state index contributed by atoms with van der Waals surface area (Å²) in [5.41, 5.74) is -1.37. The lowest BCUT2D eigenvalue weighted by Crippen LogP contribution is -2.42. The van der Waals surface area contributed by atoms with Crippen molar-refractivity contribution in [2.24, 2.45) is 5.92 Å². The Kier molecular flexibility index (Phi) is 5.90. The first-order chi connectivity index (χ1) is 9.81. The Balaban J connectivity index is 3.46. The van der Waals surface area contributed by atoms with Gasteiger partial charge in [-0.15, -0.1) is 0 Å². The lowest BCUT2D eigenvalue weighted by Gasteiger charge is -2.19. The second-order valence-corrected chi connectivity index (χ2v) is 5.36. The third-order valence-corrected chi connectivity index (χ3v) is 3.32. The monoisotopic (exact) mass is 297 g/mol. The molecule has 0 saturated heterocycles. The van der Waals surface area contributed by atoms with E-state index in [1.165, 1.54) is 0 Å². The minimum atomic E-state index is -1.29. The largest absolute Gasteiger partial charge is 0.477 e. The van der Waals surface area contributed by atoms with Crippen molar-refractivity contribution in [3.63, 3.8) is 0 Å². The van der Waals surface area contributed by atoms with Gasteiger partial charge in [-0.3, -0.25) is 14.3 Å². The molecule has 21 heavy (non-hydrogen) atoms. The Morgan fingerprint density at radius 3 is 2.29 bits per heavy atom. The summed E-state index contributed by atoms with van der Waals surface area (Å²) in [6.07, 6.45) is 0. The molecule has 0 aromatic carbocycles. The van der Waals surface area contributed by atoms with E-state index >= 15 is 0 Å². The highest BCUT2D eigenvalue weighted by molar-refractivity contribution is 5.86. The first-order valence-corrected chi connectivity index (χ1v) is 7.13. The molecule has 0 spiro atoms. The number of carboxylic acids is 1. The molecular formula is C14H23N3O4. The van der Waals surface area contributed by atoms with Crippen LogP contribution in [0.5, 0.6) is 0 Å². The number of H-pyrrole nitrogens is 1. The molecule has 1 aromatic rings. The maximum Gasteiger partial charge on any atom is 0.352 e. The molecule has 0 saturated carbocycles. The number of hydrogen-bond acceptors (Lipinski definition) is 4. The maximum atomic E-state index is 12.5. The molecule has 0 aliphatic carbocycles. The Morgan fingerprint density at radius 1 is 1.29 bits per heavy atom. The number of aromatic nitrogens is 2. The van der Waals surface area contributed by atoms with Gasteiger partial charge in [0.05, 0.1) is 5.56 Å². The van der Waals surface area contributed by atoms with Crippen molar-refractivity contribution in [3.05, 3.63) is 32.1 Å². The quantitative estimate of drug-likeness (QED) is 0.773. The minimum Gasteiger partial charge on any atom is -0.477 e. The van der Waals surface area contributed by atoms with Crippen LogP contribution >= 0.6 is 0 Å². The van der Waals surface area contributed by atoms with Gasteiger partial charge in [0.25, 0.3) is 5.56 Å². The highest BCUT2D eigenvalue weighted by Gasteiger charge is 2.20. The molecule has 0 radical (unpaired) electrons. The Bertz CT molecular complexity index is 612. The van der Waals surface area contributed by atoms with Crippen LogP contribution in [0.4, 0.5) is 0 Å². The van der Waals surface area contributed by atoms with Crippen LogP contribution in [0.2, 0.25) is 0 Å². The molecule has 1 heterocycles. The molecule has 7 heteroatoms. The summed E-state index contributed by atoms with van der Waals surface area (Å²) in [5, 5.41) is 9.21. The number of hydrogen-bond donors (Lipinski definition) is 2. The van der Waals surface area contributed by atoms with Crippen LogP contribution in [0.25, 0.3) is 0 Å². The zero-order chi connectivity index (χ0) is 16.2. The lowest BCUT2D eigenvalue weighted by atomic mass is 10.2. The van der Waals surface area contributed by atoms with E-state index in [1.54, 1.807) is 0 Å². The molecule has 1 aromatic heterocycles. The Labute approximate surface area is 123 Å². The highest BCUT2D eigenvalue weighted by atomic mass is 16.4. The van der Waals surface area contributed by atoms with Crippen LogP contribution in [0.15, 0.2) is 9.59 Å². The summed E-state index contributed by atoms with van der Waals surface area (Å²) in [4.78, 5) is 39.9. The fourth-order valence-corrected chi connectivity index (χ4v) is 2.14. The van der Waals surface area contributed by atoms with Gasteiger partial charge in [-0.05, 0) is 19.0 Å². The van der Waals surface area contributed by atoms with Crippen molar-refractivity contribution >= 4 is 5.97 Å². The van der Waals surface area contributed by atoms with E-state index in [1.807, 2.05) is 32.6 Å². The van der Waals surface area contributed by atoms with Crippen molar-refractivity contribution in [1.29, 1.82) is 0 Å². The average molecular weight is 297 g/mol. The fourth-order valence-electron chi connectivity index (χ4n) is 2.14. The van der Waals surface area contributed by atoms with Gasteiger partial charge in [-0.2, -0.15) is 0 Å². The average Bonchev–Trinajstić information content (AvgIpc) is 2.41. The molecule has 0 bridgehead atoms. The molecule has 118 valence electrons. The lowest BCUT2D eigenvalue weighted by molar-refractivity contribution is 0.0686. The predicted molar refractivity (Wildman–Crippen MR) is 79.7 cm³/mol. The molecule has 0 atom stereocenters. The summed E-state index contributed by atoms with van der Waals surface area (Å²) >= 11 is 0. The zero-order valence-electron chi connectivity index (χ0n) is 13.0. The normalized spacial score (nSPS) is 11.3. The SMILES string of the molecule is CCN(CC)Cc1c(C(=O)O)[nH]c(=O)n(CC(C)C)c1=O. The molecule has 0 amide bonds. The predicted octanol–water partition coefficient (Wildman–Crippen LogP) is 0.733. The van der Waals surface area contributed by atoms with Crippen molar-refractivity contribution in [3.8, 4) is 0 Å². The number of aromatic carboxylic acids is 1. The van der Waals surface area contributed by atoms with Crippen LogP contribution < -0.4 is 11.2 Å². The van der Waals surface area contributed by atoms with Crippen molar-refractivity contribution in [1.82, 2.24) is 14.5 Å². The topological polar surface area (TPSA) is 95.4 Å². The van der Waals surface area contributed by atoms with E-state index in [2.05, 4.69) is 4.98 Å². The van der Waals surface area contributed by atoms with Crippen LogP contribution in [-0.4, -0.2) is 38.6 Å². The molecule has 0 aliphatic heterocycles. The van der Waals surface area contributed by atoms with E-state index in [4.69, 9.17) is 0 Å². The van der Waals surface area contributed by atoms with Crippen LogP contribution in [0.3, 0.4) is 0 Å². The van der Waals surface area contributed by atoms with Crippen LogP contribution in [-0.2, 0) is 13.1 Å². The number of nitrogens with one attached hydrogen (secondary N) is 1. The number of nitrogens with zero attached hydrogens (tertiary/aromatic N) is 2. The summed E-state index contributed by atoms with van der Waals surface area (Å²) in [7, 11) is 0. The Hall–Kier alpha value is -1.89. The second-order valence-electron chi connectivity index (χ2n) is 5.36. The van der Waals surface area contributed by atoms with Gasteiger partial charge in [0.1, 0.15) is 5.69 Å². The minimum absolute atomic E-state index is 0.112. The van der Waals surface area contributed by atoms with Gasteiger partial charge >= 0.3 is 11.7 Å². The number of rotatable bonds is 7. The summed E-state index contributed by atoms with van der Waals surface area (Å²) in [6.45, 7) is 9.50. The molecule has 7 nitrogen and oxygen atoms in total. The standard InChI is InChI=1S/C14H23N3O4/c1-5-16(6-2)8-10-11(13(19)20)15-14(21)17(12(10)18)7-9(3)4/h9H,5-8H2,1-4H3,(H,15,21)(H,19,20). The van der Waals surface area contributed by atoms with E-state index < -0.39 is 17.2 Å². The first-order valence-electron chi connectivity index (χ1n) is 7.13. The van der Waals surface area contributed by atoms with Gasteiger partial charge < -0.3 is 10.1 Å². The molecule has 1 rings (SSSR count). The molecular weight excluding hydrogens is 274 g/mol. The highest BCUT2D eigenvalue weighted by Crippen LogP contribution is 2.05. The van der Waals surface area contributed by atoms with Gasteiger partial charge in [0.2, 0.25) is 0 Å². The summed E-state index contributed by atoms with van der Waals surface area (Å²) in [5.74, 6) is -1.18. The van der Waals surface area contributed by atoms with Crippen LogP contribution in [0, 0.1) is 5.92 Å². The first kappa shape index (κ1) is 17.2. The Morgan fingerprint density at radius 2 is 1.86 bits per heavy atom. The van der Waals surface area contributed by atoms with E-state index in [0.717, 1.165) is 4.57 Å². The maximum absolute atomic E-state index is 12.5. The summed E-state index contributed by atoms with van der Waals surface area (Å²) < 4.78 is 1.08. The van der Waals surface area contributed by atoms with Gasteiger partial charge in [0, 0.05) is 13.1 Å². The van der Waals surface area contributed by atoms with Crippen LogP contribution in [0.1, 0.15) is 43.7 Å².